The number of hydrogen-bond acceptors (Lipinski definition) is 3. The summed E-state index contributed by atoms with van der Waals surface area (Å²) in [5.41, 5.74) is 1.78. The maximum Gasteiger partial charge on any atom is 0.274 e. The first-order chi connectivity index (χ1) is 11.8. The molecule has 0 aromatic carbocycles. The minimum absolute atomic E-state index is 0.140. The highest BCUT2D eigenvalue weighted by Crippen LogP contribution is 2.39. The lowest BCUT2D eigenvalue weighted by Crippen LogP contribution is -2.45. The monoisotopic (exact) mass is 330 g/mol. The second-order valence-electron chi connectivity index (χ2n) is 7.82. The number of nitrogens with zero attached hydrogens (tertiary/aromatic N) is 3. The van der Waals surface area contributed by atoms with Gasteiger partial charge in [-0.15, -0.1) is 0 Å². The molecule has 1 aromatic rings. The zero-order valence-corrected chi connectivity index (χ0v) is 14.7. The predicted molar refractivity (Wildman–Crippen MR) is 94.1 cm³/mol. The van der Waals surface area contributed by atoms with Crippen LogP contribution in [0, 0.1) is 0 Å². The van der Waals surface area contributed by atoms with Gasteiger partial charge in [-0.25, -0.2) is 0 Å². The van der Waals surface area contributed by atoms with Crippen molar-refractivity contribution in [2.45, 2.75) is 69.7 Å². The van der Waals surface area contributed by atoms with Crippen molar-refractivity contribution in [1.82, 2.24) is 20.0 Å². The van der Waals surface area contributed by atoms with Crippen LogP contribution < -0.4 is 0 Å². The van der Waals surface area contributed by atoms with Gasteiger partial charge in [0.2, 0.25) is 0 Å². The summed E-state index contributed by atoms with van der Waals surface area (Å²) in [5.74, 6) is 0.761. The van der Waals surface area contributed by atoms with Gasteiger partial charge in [0.1, 0.15) is 5.69 Å². The van der Waals surface area contributed by atoms with E-state index in [1.165, 1.54) is 51.6 Å². The first kappa shape index (κ1) is 16.1. The second-order valence-corrected chi connectivity index (χ2v) is 7.82. The van der Waals surface area contributed by atoms with Gasteiger partial charge < -0.3 is 9.80 Å². The molecule has 1 N–H and O–H groups in total. The van der Waals surface area contributed by atoms with Gasteiger partial charge in [0, 0.05) is 30.7 Å². The van der Waals surface area contributed by atoms with Crippen LogP contribution in [0.4, 0.5) is 0 Å². The third-order valence-corrected chi connectivity index (χ3v) is 5.95. The Morgan fingerprint density at radius 1 is 1.08 bits per heavy atom. The number of piperidine rings is 2. The Bertz CT molecular complexity index is 559. The van der Waals surface area contributed by atoms with E-state index in [1.807, 2.05) is 6.07 Å². The van der Waals surface area contributed by atoms with Crippen LogP contribution in [0.15, 0.2) is 6.07 Å². The van der Waals surface area contributed by atoms with Gasteiger partial charge in [-0.05, 0) is 70.5 Å². The van der Waals surface area contributed by atoms with E-state index in [9.17, 15) is 4.79 Å². The van der Waals surface area contributed by atoms with Crippen molar-refractivity contribution in [3.8, 4) is 0 Å². The molecule has 1 aromatic heterocycles. The largest absolute Gasteiger partial charge is 0.334 e. The fraction of sp³-hybridized carbons (Fsp3) is 0.789. The molecule has 3 heterocycles. The highest BCUT2D eigenvalue weighted by Gasteiger charge is 2.31. The Balaban J connectivity index is 1.37. The maximum absolute atomic E-state index is 12.9. The third kappa shape index (κ3) is 3.66. The second kappa shape index (κ2) is 7.26. The lowest BCUT2D eigenvalue weighted by Gasteiger charge is -2.37. The van der Waals surface area contributed by atoms with Gasteiger partial charge in [-0.2, -0.15) is 5.10 Å². The van der Waals surface area contributed by atoms with E-state index in [1.54, 1.807) is 0 Å². The van der Waals surface area contributed by atoms with Gasteiger partial charge in [-0.3, -0.25) is 9.89 Å². The average Bonchev–Trinajstić information content (AvgIpc) is 3.37. The van der Waals surface area contributed by atoms with Gasteiger partial charge in [0.15, 0.2) is 0 Å². The quantitative estimate of drug-likeness (QED) is 0.902. The van der Waals surface area contributed by atoms with Crippen LogP contribution in [-0.2, 0) is 0 Å². The van der Waals surface area contributed by atoms with Gasteiger partial charge in [0.05, 0.1) is 0 Å². The normalized spacial score (nSPS) is 25.8. The van der Waals surface area contributed by atoms with Crippen molar-refractivity contribution in [2.75, 3.05) is 26.2 Å². The summed E-state index contributed by atoms with van der Waals surface area (Å²) in [6.45, 7) is 4.52. The smallest absolute Gasteiger partial charge is 0.274 e. The summed E-state index contributed by atoms with van der Waals surface area (Å²) in [5, 5.41) is 7.39. The molecule has 1 aliphatic carbocycles. The summed E-state index contributed by atoms with van der Waals surface area (Å²) >= 11 is 0. The average molecular weight is 330 g/mol. The van der Waals surface area contributed by atoms with E-state index in [0.29, 0.717) is 17.7 Å². The van der Waals surface area contributed by atoms with E-state index >= 15 is 0 Å². The molecule has 4 rings (SSSR count). The number of amides is 1. The van der Waals surface area contributed by atoms with Crippen molar-refractivity contribution in [3.05, 3.63) is 17.5 Å². The molecular formula is C19H30N4O. The van der Waals surface area contributed by atoms with Crippen LogP contribution in [0.3, 0.4) is 0 Å². The van der Waals surface area contributed by atoms with Gasteiger partial charge in [0.25, 0.3) is 5.91 Å². The molecule has 2 saturated heterocycles. The number of hydrogen-bond donors (Lipinski definition) is 1. The first-order valence-corrected chi connectivity index (χ1v) is 9.90. The van der Waals surface area contributed by atoms with Crippen LogP contribution in [-0.4, -0.2) is 58.1 Å². The fourth-order valence-corrected chi connectivity index (χ4v) is 4.28. The molecule has 3 aliphatic rings. The van der Waals surface area contributed by atoms with Crippen LogP contribution in [0.2, 0.25) is 0 Å². The third-order valence-electron chi connectivity index (χ3n) is 5.95. The molecule has 1 amide bonds. The number of rotatable bonds is 5. The standard InChI is InChI=1S/C19H30N4O/c24-19(18-14-17(20-21-18)15-7-8-15)23-12-5-2-6-16(23)9-13-22-10-3-1-4-11-22/h14-16H,1-13H2,(H,20,21). The molecule has 2 aliphatic heterocycles. The van der Waals surface area contributed by atoms with Crippen LogP contribution in [0.5, 0.6) is 0 Å². The summed E-state index contributed by atoms with van der Waals surface area (Å²) in [6.07, 6.45) is 11.2. The SMILES string of the molecule is O=C(c1cc(C2CC2)[nH]n1)N1CCCCC1CCN1CCCCC1. The van der Waals surface area contributed by atoms with Crippen LogP contribution >= 0.6 is 0 Å². The van der Waals surface area contributed by atoms with Crippen molar-refractivity contribution in [1.29, 1.82) is 0 Å². The van der Waals surface area contributed by atoms with Crippen molar-refractivity contribution >= 4 is 5.91 Å². The molecular weight excluding hydrogens is 300 g/mol. The number of H-pyrrole nitrogens is 1. The van der Waals surface area contributed by atoms with Crippen molar-refractivity contribution in [3.63, 3.8) is 0 Å². The minimum Gasteiger partial charge on any atom is -0.334 e. The molecule has 5 nitrogen and oxygen atoms in total. The van der Waals surface area contributed by atoms with E-state index < -0.39 is 0 Å². The maximum atomic E-state index is 12.9. The molecule has 24 heavy (non-hydrogen) atoms. The van der Waals surface area contributed by atoms with Gasteiger partial charge >= 0.3 is 0 Å². The minimum atomic E-state index is 0.140. The molecule has 1 unspecified atom stereocenters. The number of carbonyl (C=O) groups excluding carboxylic acids is 1. The van der Waals surface area contributed by atoms with E-state index in [2.05, 4.69) is 20.0 Å². The van der Waals surface area contributed by atoms with E-state index in [0.717, 1.165) is 38.0 Å². The highest BCUT2D eigenvalue weighted by atomic mass is 16.2. The Hall–Kier alpha value is -1.36. The number of aromatic nitrogens is 2. The number of likely N-dealkylation sites (tertiary alicyclic amines) is 2. The molecule has 1 atom stereocenters. The van der Waals surface area contributed by atoms with Gasteiger partial charge in [-0.1, -0.05) is 6.42 Å². The summed E-state index contributed by atoms with van der Waals surface area (Å²) in [4.78, 5) is 17.6. The molecule has 0 radical (unpaired) electrons. The van der Waals surface area contributed by atoms with Crippen molar-refractivity contribution in [2.24, 2.45) is 0 Å². The Morgan fingerprint density at radius 3 is 2.67 bits per heavy atom. The lowest BCUT2D eigenvalue weighted by atomic mass is 9.98. The molecule has 0 spiro atoms. The van der Waals surface area contributed by atoms with Crippen LogP contribution in [0.25, 0.3) is 0 Å². The van der Waals surface area contributed by atoms with E-state index in [-0.39, 0.29) is 5.91 Å². The fourth-order valence-electron chi connectivity index (χ4n) is 4.28. The zero-order valence-electron chi connectivity index (χ0n) is 14.7. The van der Waals surface area contributed by atoms with Crippen LogP contribution in [0.1, 0.15) is 79.9 Å². The summed E-state index contributed by atoms with van der Waals surface area (Å²) in [6, 6.07) is 2.39. The number of nitrogens with one attached hydrogen (secondary N) is 1. The molecule has 132 valence electrons. The molecule has 1 saturated carbocycles. The highest BCUT2D eigenvalue weighted by molar-refractivity contribution is 5.92. The topological polar surface area (TPSA) is 52.2 Å². The number of carbonyl (C=O) groups is 1. The Morgan fingerprint density at radius 2 is 1.88 bits per heavy atom. The molecule has 5 heteroatoms. The summed E-state index contributed by atoms with van der Waals surface area (Å²) in [7, 11) is 0. The van der Waals surface area contributed by atoms with E-state index in [4.69, 9.17) is 0 Å². The first-order valence-electron chi connectivity index (χ1n) is 9.90. The summed E-state index contributed by atoms with van der Waals surface area (Å²) < 4.78 is 0. The zero-order chi connectivity index (χ0) is 16.4. The molecule has 3 fully saturated rings. The Kier molecular flexibility index (Phi) is 4.88. The van der Waals surface area contributed by atoms with Crippen molar-refractivity contribution < 1.29 is 4.79 Å². The number of aromatic amines is 1. The Labute approximate surface area is 144 Å². The predicted octanol–water partition coefficient (Wildman–Crippen LogP) is 3.16. The molecule has 0 bridgehead atoms. The lowest BCUT2D eigenvalue weighted by molar-refractivity contribution is 0.0573.